The molecule has 0 aliphatic rings. The molecule has 2 aromatic rings. The van der Waals surface area contributed by atoms with E-state index in [1.807, 2.05) is 12.3 Å². The molecule has 1 heterocycles. The van der Waals surface area contributed by atoms with Crippen LogP contribution in [0.1, 0.15) is 20.0 Å². The second kappa shape index (κ2) is 7.33. The number of anilines is 1. The van der Waals surface area contributed by atoms with Gasteiger partial charge in [-0.1, -0.05) is 0 Å². The Hall–Kier alpha value is -1.99. The van der Waals surface area contributed by atoms with Gasteiger partial charge in [0.2, 0.25) is 0 Å². The molecule has 1 amide bonds. The Morgan fingerprint density at radius 3 is 2.64 bits per heavy atom. The van der Waals surface area contributed by atoms with Crippen LogP contribution in [-0.2, 0) is 4.74 Å². The first-order chi connectivity index (χ1) is 10.6. The highest BCUT2D eigenvalue weighted by atomic mass is 32.2. The van der Waals surface area contributed by atoms with Gasteiger partial charge in [-0.15, -0.1) is 23.1 Å². The van der Waals surface area contributed by atoms with Gasteiger partial charge in [-0.25, -0.2) is 4.79 Å². The summed E-state index contributed by atoms with van der Waals surface area (Å²) in [5.74, 6) is -0.331. The number of methoxy groups -OCH3 is 2. The van der Waals surface area contributed by atoms with Crippen LogP contribution < -0.4 is 10.1 Å². The predicted octanol–water partition coefficient (Wildman–Crippen LogP) is 3.52. The first-order valence-corrected chi connectivity index (χ1v) is 8.40. The van der Waals surface area contributed by atoms with Crippen LogP contribution in [0.25, 0.3) is 0 Å². The van der Waals surface area contributed by atoms with Crippen molar-refractivity contribution in [1.29, 1.82) is 0 Å². The van der Waals surface area contributed by atoms with Crippen LogP contribution in [-0.4, -0.2) is 32.4 Å². The summed E-state index contributed by atoms with van der Waals surface area (Å²) in [4.78, 5) is 25.4. The number of ether oxygens (including phenoxy) is 2. The molecule has 0 aliphatic heterocycles. The van der Waals surface area contributed by atoms with Crippen molar-refractivity contribution < 1.29 is 19.1 Å². The van der Waals surface area contributed by atoms with E-state index in [9.17, 15) is 9.59 Å². The molecule has 2 rings (SSSR count). The molecule has 116 valence electrons. The molecule has 5 nitrogen and oxygen atoms in total. The number of carbonyl (C=O) groups excluding carboxylic acids is 2. The average molecular weight is 337 g/mol. The Morgan fingerprint density at radius 2 is 2.00 bits per heavy atom. The lowest BCUT2D eigenvalue weighted by atomic mass is 10.2. The molecule has 0 saturated carbocycles. The van der Waals surface area contributed by atoms with Crippen LogP contribution in [0, 0.1) is 0 Å². The molecule has 0 atom stereocenters. The van der Waals surface area contributed by atoms with Crippen molar-refractivity contribution in [2.24, 2.45) is 0 Å². The maximum absolute atomic E-state index is 12.4. The number of thiophene rings is 1. The van der Waals surface area contributed by atoms with E-state index in [1.54, 1.807) is 35.3 Å². The zero-order valence-corrected chi connectivity index (χ0v) is 14.0. The van der Waals surface area contributed by atoms with Crippen LogP contribution in [0.5, 0.6) is 5.75 Å². The summed E-state index contributed by atoms with van der Waals surface area (Å²) in [6, 6.07) is 7.01. The Morgan fingerprint density at radius 1 is 1.23 bits per heavy atom. The normalized spacial score (nSPS) is 10.1. The number of hydrogen-bond donors (Lipinski definition) is 1. The number of amides is 1. The standard InChI is InChI=1S/C15H15NO4S2/c1-19-12-8-9(21-3)4-5-10(12)14(17)16-11-6-7-22-13(11)15(18)20-2/h4-8H,1-3H3,(H,16,17). The van der Waals surface area contributed by atoms with Crippen molar-refractivity contribution in [1.82, 2.24) is 0 Å². The SMILES string of the molecule is COC(=O)c1sccc1NC(=O)c1ccc(SC)cc1OC. The number of benzene rings is 1. The summed E-state index contributed by atoms with van der Waals surface area (Å²) < 4.78 is 9.95. The second-order valence-corrected chi connectivity index (χ2v) is 5.97. The lowest BCUT2D eigenvalue weighted by Gasteiger charge is -2.10. The van der Waals surface area contributed by atoms with Crippen molar-refractivity contribution in [2.45, 2.75) is 4.90 Å². The minimum absolute atomic E-state index is 0.340. The van der Waals surface area contributed by atoms with Gasteiger partial charge in [0.1, 0.15) is 10.6 Å². The summed E-state index contributed by atoms with van der Waals surface area (Å²) in [5, 5.41) is 4.44. The Labute approximate surface area is 136 Å². The van der Waals surface area contributed by atoms with Gasteiger partial charge in [0, 0.05) is 4.90 Å². The topological polar surface area (TPSA) is 64.6 Å². The van der Waals surface area contributed by atoms with Crippen molar-refractivity contribution >= 4 is 40.7 Å². The van der Waals surface area contributed by atoms with Crippen LogP contribution in [0.4, 0.5) is 5.69 Å². The van der Waals surface area contributed by atoms with E-state index in [0.717, 1.165) is 4.90 Å². The van der Waals surface area contributed by atoms with Gasteiger partial charge in [0.25, 0.3) is 5.91 Å². The van der Waals surface area contributed by atoms with Gasteiger partial charge in [0.05, 0.1) is 25.5 Å². The van der Waals surface area contributed by atoms with Gasteiger partial charge in [0.15, 0.2) is 0 Å². The molecule has 1 N–H and O–H groups in total. The van der Waals surface area contributed by atoms with Crippen LogP contribution in [0.15, 0.2) is 34.5 Å². The van der Waals surface area contributed by atoms with Crippen LogP contribution >= 0.6 is 23.1 Å². The third-order valence-corrected chi connectivity index (χ3v) is 4.56. The molecule has 0 aliphatic carbocycles. The van der Waals surface area contributed by atoms with Gasteiger partial charge < -0.3 is 14.8 Å². The average Bonchev–Trinajstić information content (AvgIpc) is 3.01. The Kier molecular flexibility index (Phi) is 5.46. The second-order valence-electron chi connectivity index (χ2n) is 4.18. The molecule has 0 bridgehead atoms. The highest BCUT2D eigenvalue weighted by Crippen LogP contribution is 2.28. The van der Waals surface area contributed by atoms with Crippen molar-refractivity contribution in [3.8, 4) is 5.75 Å². The molecule has 0 radical (unpaired) electrons. The zero-order valence-electron chi connectivity index (χ0n) is 12.3. The molecule has 0 unspecified atom stereocenters. The number of carbonyl (C=O) groups is 2. The molecule has 0 fully saturated rings. The third-order valence-electron chi connectivity index (χ3n) is 2.94. The molecule has 22 heavy (non-hydrogen) atoms. The van der Waals surface area contributed by atoms with E-state index in [4.69, 9.17) is 9.47 Å². The summed E-state index contributed by atoms with van der Waals surface area (Å²) in [7, 11) is 2.82. The fourth-order valence-corrected chi connectivity index (χ4v) is 3.03. The molecule has 0 saturated heterocycles. The minimum Gasteiger partial charge on any atom is -0.496 e. The van der Waals surface area contributed by atoms with Gasteiger partial charge in [-0.3, -0.25) is 4.79 Å². The Balaban J connectivity index is 2.26. The summed E-state index contributed by atoms with van der Waals surface area (Å²) in [5.41, 5.74) is 0.833. The van der Waals surface area contributed by atoms with Crippen LogP contribution in [0.2, 0.25) is 0 Å². The van der Waals surface area contributed by atoms with Crippen LogP contribution in [0.3, 0.4) is 0 Å². The smallest absolute Gasteiger partial charge is 0.350 e. The zero-order chi connectivity index (χ0) is 16.1. The lowest BCUT2D eigenvalue weighted by Crippen LogP contribution is -2.15. The van der Waals surface area contributed by atoms with Crippen molar-refractivity contribution in [2.75, 3.05) is 25.8 Å². The van der Waals surface area contributed by atoms with Gasteiger partial charge in [-0.05, 0) is 35.9 Å². The fraction of sp³-hybridized carbons (Fsp3) is 0.200. The number of nitrogens with one attached hydrogen (secondary N) is 1. The highest BCUT2D eigenvalue weighted by molar-refractivity contribution is 7.98. The van der Waals surface area contributed by atoms with E-state index in [1.165, 1.54) is 25.6 Å². The third kappa shape index (κ3) is 3.42. The van der Waals surface area contributed by atoms with Crippen molar-refractivity contribution in [3.05, 3.63) is 40.1 Å². The maximum Gasteiger partial charge on any atom is 0.350 e. The number of thioether (sulfide) groups is 1. The number of rotatable bonds is 5. The first kappa shape index (κ1) is 16.4. The number of esters is 1. The first-order valence-electron chi connectivity index (χ1n) is 6.30. The van der Waals surface area contributed by atoms with E-state index in [-0.39, 0.29) is 5.91 Å². The summed E-state index contributed by atoms with van der Waals surface area (Å²) in [6.07, 6.45) is 1.95. The van der Waals surface area contributed by atoms with Gasteiger partial charge >= 0.3 is 5.97 Å². The lowest BCUT2D eigenvalue weighted by molar-refractivity contribution is 0.0607. The Bertz CT molecular complexity index is 697. The van der Waals surface area contributed by atoms with E-state index >= 15 is 0 Å². The monoisotopic (exact) mass is 337 g/mol. The quantitative estimate of drug-likeness (QED) is 0.668. The maximum atomic E-state index is 12.4. The molecular formula is C15H15NO4S2. The largest absolute Gasteiger partial charge is 0.496 e. The minimum atomic E-state index is -0.477. The molecule has 1 aromatic carbocycles. The number of hydrogen-bond acceptors (Lipinski definition) is 6. The van der Waals surface area contributed by atoms with Gasteiger partial charge in [-0.2, -0.15) is 0 Å². The highest BCUT2D eigenvalue weighted by Gasteiger charge is 2.18. The molecular weight excluding hydrogens is 322 g/mol. The van der Waals surface area contributed by atoms with E-state index < -0.39 is 5.97 Å². The summed E-state index contributed by atoms with van der Waals surface area (Å²) in [6.45, 7) is 0. The molecule has 0 spiro atoms. The van der Waals surface area contributed by atoms with E-state index in [0.29, 0.717) is 21.9 Å². The predicted molar refractivity (Wildman–Crippen MR) is 88.4 cm³/mol. The fourth-order valence-electron chi connectivity index (χ4n) is 1.83. The van der Waals surface area contributed by atoms with Crippen molar-refractivity contribution in [3.63, 3.8) is 0 Å². The van der Waals surface area contributed by atoms with E-state index in [2.05, 4.69) is 5.32 Å². The molecule has 7 heteroatoms. The molecule has 1 aromatic heterocycles. The summed E-state index contributed by atoms with van der Waals surface area (Å²) >= 11 is 2.77.